The maximum Gasteiger partial charge on any atom is 0.306 e. The number of ether oxygens (including phenoxy) is 1. The molecule has 1 rings (SSSR count). The van der Waals surface area contributed by atoms with E-state index in [0.717, 1.165) is 44.9 Å². The van der Waals surface area contributed by atoms with Gasteiger partial charge in [-0.1, -0.05) is 40.0 Å². The molecule has 1 saturated carbocycles. The number of hydrogen-bond acceptors (Lipinski definition) is 3. The van der Waals surface area contributed by atoms with Gasteiger partial charge in [0.05, 0.1) is 19.1 Å². The summed E-state index contributed by atoms with van der Waals surface area (Å²) >= 11 is 0. The largest absolute Gasteiger partial charge is 0.465 e. The van der Waals surface area contributed by atoms with Gasteiger partial charge in [0.2, 0.25) is 0 Å². The maximum absolute atomic E-state index is 11.9. The fourth-order valence-electron chi connectivity index (χ4n) is 3.02. The Kier molecular flexibility index (Phi) is 6.84. The van der Waals surface area contributed by atoms with Crippen molar-refractivity contribution < 1.29 is 14.6 Å². The molecule has 3 atom stereocenters. The van der Waals surface area contributed by atoms with Gasteiger partial charge in [0.25, 0.3) is 0 Å². The van der Waals surface area contributed by atoms with Crippen molar-refractivity contribution in [1.29, 1.82) is 0 Å². The first-order valence-corrected chi connectivity index (χ1v) is 7.82. The summed E-state index contributed by atoms with van der Waals surface area (Å²) in [5, 5.41) is 9.60. The Balaban J connectivity index is 2.30. The first-order chi connectivity index (χ1) is 8.99. The minimum Gasteiger partial charge on any atom is -0.465 e. The lowest BCUT2D eigenvalue weighted by atomic mass is 9.80. The number of rotatable bonds is 7. The molecule has 0 spiro atoms. The lowest BCUT2D eigenvalue weighted by Crippen LogP contribution is -2.26. The van der Waals surface area contributed by atoms with Crippen molar-refractivity contribution in [3.05, 3.63) is 0 Å². The van der Waals surface area contributed by atoms with Crippen molar-refractivity contribution in [2.45, 2.75) is 78.2 Å². The first-order valence-electron chi connectivity index (χ1n) is 7.82. The van der Waals surface area contributed by atoms with Crippen LogP contribution in [0.3, 0.4) is 0 Å². The van der Waals surface area contributed by atoms with Crippen LogP contribution in [0.15, 0.2) is 0 Å². The highest BCUT2D eigenvalue weighted by Gasteiger charge is 2.27. The van der Waals surface area contributed by atoms with Crippen LogP contribution < -0.4 is 0 Å². The quantitative estimate of drug-likeness (QED) is 0.718. The number of aliphatic hydroxyl groups excluding tert-OH is 1. The van der Waals surface area contributed by atoms with Gasteiger partial charge in [-0.3, -0.25) is 4.79 Å². The smallest absolute Gasteiger partial charge is 0.306 e. The van der Waals surface area contributed by atoms with Crippen LogP contribution in [0.25, 0.3) is 0 Å². The van der Waals surface area contributed by atoms with Gasteiger partial charge in [0.1, 0.15) is 0 Å². The second-order valence-corrected chi connectivity index (χ2v) is 6.46. The number of aliphatic hydroxyl groups is 1. The lowest BCUT2D eigenvalue weighted by Gasteiger charge is -2.28. The molecule has 0 saturated heterocycles. The molecule has 0 aromatic rings. The monoisotopic (exact) mass is 270 g/mol. The Hall–Kier alpha value is -0.570. The number of esters is 1. The van der Waals surface area contributed by atoms with Crippen molar-refractivity contribution in [2.24, 2.45) is 11.3 Å². The van der Waals surface area contributed by atoms with Crippen LogP contribution in [-0.2, 0) is 9.53 Å². The average molecular weight is 270 g/mol. The van der Waals surface area contributed by atoms with Gasteiger partial charge < -0.3 is 9.84 Å². The van der Waals surface area contributed by atoms with E-state index in [2.05, 4.69) is 20.8 Å². The van der Waals surface area contributed by atoms with Crippen molar-refractivity contribution in [3.63, 3.8) is 0 Å². The SMILES string of the molecule is CCCC(C)(CC)CC(=O)OCC1CCCC(O)C1. The summed E-state index contributed by atoms with van der Waals surface area (Å²) in [6.07, 6.45) is 7.31. The molecule has 0 radical (unpaired) electrons. The van der Waals surface area contributed by atoms with Crippen LogP contribution in [0.1, 0.15) is 72.1 Å². The fraction of sp³-hybridized carbons (Fsp3) is 0.938. The Morgan fingerprint density at radius 3 is 2.68 bits per heavy atom. The first kappa shape index (κ1) is 16.5. The standard InChI is InChI=1S/C16H30O3/c1-4-9-16(3,5-2)11-15(18)19-12-13-7-6-8-14(17)10-13/h13-14,17H,4-12H2,1-3H3. The summed E-state index contributed by atoms with van der Waals surface area (Å²) in [7, 11) is 0. The van der Waals surface area contributed by atoms with E-state index in [1.54, 1.807) is 0 Å². The summed E-state index contributed by atoms with van der Waals surface area (Å²) in [5.41, 5.74) is 0.0813. The van der Waals surface area contributed by atoms with Crippen molar-refractivity contribution in [1.82, 2.24) is 0 Å². The molecular formula is C16H30O3. The molecule has 0 heterocycles. The van der Waals surface area contributed by atoms with E-state index in [4.69, 9.17) is 4.74 Å². The molecule has 0 aromatic carbocycles. The molecule has 1 fully saturated rings. The van der Waals surface area contributed by atoms with E-state index in [0.29, 0.717) is 18.9 Å². The van der Waals surface area contributed by atoms with Gasteiger partial charge in [-0.25, -0.2) is 0 Å². The van der Waals surface area contributed by atoms with Gasteiger partial charge in [-0.15, -0.1) is 0 Å². The molecule has 3 unspecified atom stereocenters. The molecular weight excluding hydrogens is 240 g/mol. The third kappa shape index (κ3) is 5.94. The highest BCUT2D eigenvalue weighted by atomic mass is 16.5. The van der Waals surface area contributed by atoms with E-state index in [-0.39, 0.29) is 17.5 Å². The Morgan fingerprint density at radius 1 is 1.37 bits per heavy atom. The molecule has 112 valence electrons. The van der Waals surface area contributed by atoms with E-state index >= 15 is 0 Å². The molecule has 1 aliphatic rings. The van der Waals surface area contributed by atoms with Gasteiger partial charge >= 0.3 is 5.97 Å². The Bertz CT molecular complexity index is 277. The van der Waals surface area contributed by atoms with Crippen molar-refractivity contribution >= 4 is 5.97 Å². The van der Waals surface area contributed by atoms with Gasteiger partial charge in [-0.2, -0.15) is 0 Å². The summed E-state index contributed by atoms with van der Waals surface area (Å²) in [4.78, 5) is 11.9. The van der Waals surface area contributed by atoms with Crippen LogP contribution in [0.4, 0.5) is 0 Å². The lowest BCUT2D eigenvalue weighted by molar-refractivity contribution is -0.148. The summed E-state index contributed by atoms with van der Waals surface area (Å²) in [5.74, 6) is 0.282. The zero-order valence-corrected chi connectivity index (χ0v) is 12.8. The highest BCUT2D eigenvalue weighted by Crippen LogP contribution is 2.32. The summed E-state index contributed by atoms with van der Waals surface area (Å²) < 4.78 is 5.42. The van der Waals surface area contributed by atoms with Crippen LogP contribution in [0, 0.1) is 11.3 Å². The normalized spacial score (nSPS) is 26.7. The van der Waals surface area contributed by atoms with Gasteiger partial charge in [-0.05, 0) is 37.0 Å². The summed E-state index contributed by atoms with van der Waals surface area (Å²) in [6.45, 7) is 6.95. The number of carbonyl (C=O) groups is 1. The second kappa shape index (κ2) is 7.88. The number of carbonyl (C=O) groups excluding carboxylic acids is 1. The highest BCUT2D eigenvalue weighted by molar-refractivity contribution is 5.70. The fourth-order valence-corrected chi connectivity index (χ4v) is 3.02. The van der Waals surface area contributed by atoms with Crippen molar-refractivity contribution in [2.75, 3.05) is 6.61 Å². The maximum atomic E-state index is 11.9. The molecule has 1 aliphatic carbocycles. The van der Waals surface area contributed by atoms with Crippen LogP contribution in [-0.4, -0.2) is 23.8 Å². The van der Waals surface area contributed by atoms with E-state index in [9.17, 15) is 9.90 Å². The van der Waals surface area contributed by atoms with Crippen molar-refractivity contribution in [3.8, 4) is 0 Å². The van der Waals surface area contributed by atoms with Crippen LogP contribution in [0.2, 0.25) is 0 Å². The van der Waals surface area contributed by atoms with E-state index in [1.165, 1.54) is 0 Å². The zero-order valence-electron chi connectivity index (χ0n) is 12.8. The molecule has 1 N–H and O–H groups in total. The molecule has 0 aromatic heterocycles. The minimum absolute atomic E-state index is 0.0714. The third-order valence-corrected chi connectivity index (χ3v) is 4.51. The third-order valence-electron chi connectivity index (χ3n) is 4.51. The zero-order chi connectivity index (χ0) is 14.3. The Morgan fingerprint density at radius 2 is 2.11 bits per heavy atom. The van der Waals surface area contributed by atoms with Crippen LogP contribution >= 0.6 is 0 Å². The van der Waals surface area contributed by atoms with E-state index in [1.807, 2.05) is 0 Å². The van der Waals surface area contributed by atoms with E-state index < -0.39 is 0 Å². The topological polar surface area (TPSA) is 46.5 Å². The average Bonchev–Trinajstić information content (AvgIpc) is 2.37. The minimum atomic E-state index is -0.196. The molecule has 0 aliphatic heterocycles. The summed E-state index contributed by atoms with van der Waals surface area (Å²) in [6, 6.07) is 0. The molecule has 3 nitrogen and oxygen atoms in total. The molecule has 0 bridgehead atoms. The second-order valence-electron chi connectivity index (χ2n) is 6.46. The van der Waals surface area contributed by atoms with Gasteiger partial charge in [0, 0.05) is 0 Å². The van der Waals surface area contributed by atoms with Gasteiger partial charge in [0.15, 0.2) is 0 Å². The Labute approximate surface area is 117 Å². The number of hydrogen-bond donors (Lipinski definition) is 1. The van der Waals surface area contributed by atoms with Crippen LogP contribution in [0.5, 0.6) is 0 Å². The molecule has 3 heteroatoms. The predicted molar refractivity (Wildman–Crippen MR) is 76.8 cm³/mol. The predicted octanol–water partition coefficient (Wildman–Crippen LogP) is 3.69. The molecule has 19 heavy (non-hydrogen) atoms. The molecule has 0 amide bonds.